The Balaban J connectivity index is 1.93. The first-order chi connectivity index (χ1) is 12.5. The molecule has 0 saturated heterocycles. The number of methoxy groups -OCH3 is 1. The van der Waals surface area contributed by atoms with E-state index in [0.29, 0.717) is 30.2 Å². The average Bonchev–Trinajstić information content (AvgIpc) is 3.12. The summed E-state index contributed by atoms with van der Waals surface area (Å²) in [5.74, 6) is 0.944. The summed E-state index contributed by atoms with van der Waals surface area (Å²) in [5, 5.41) is 12.4. The fraction of sp³-hybridized carbons (Fsp3) is 0.350. The number of ether oxygens (including phenoxy) is 2. The van der Waals surface area contributed by atoms with Crippen molar-refractivity contribution in [2.45, 2.75) is 19.6 Å². The number of hydrogen-bond donors (Lipinski definition) is 1. The number of rotatable bonds is 11. The molecule has 0 bridgehead atoms. The molecule has 1 atom stereocenters. The van der Waals surface area contributed by atoms with Crippen LogP contribution in [0.1, 0.15) is 22.2 Å². The highest BCUT2D eigenvalue weighted by Gasteiger charge is 2.14. The maximum absolute atomic E-state index is 11.5. The molecule has 0 aliphatic heterocycles. The van der Waals surface area contributed by atoms with Crippen LogP contribution < -0.4 is 9.47 Å². The summed E-state index contributed by atoms with van der Waals surface area (Å²) >= 11 is 1.69. The van der Waals surface area contributed by atoms with Crippen molar-refractivity contribution in [1.82, 2.24) is 4.90 Å². The molecule has 0 amide bonds. The smallest absolute Gasteiger partial charge is 0.161 e. The van der Waals surface area contributed by atoms with E-state index in [4.69, 9.17) is 9.47 Å². The first kappa shape index (κ1) is 20.2. The van der Waals surface area contributed by atoms with E-state index in [1.807, 2.05) is 17.5 Å². The van der Waals surface area contributed by atoms with Crippen molar-refractivity contribution in [1.29, 1.82) is 0 Å². The van der Waals surface area contributed by atoms with Crippen LogP contribution in [0.15, 0.2) is 48.4 Å². The second kappa shape index (κ2) is 10.1. The predicted molar refractivity (Wildman–Crippen MR) is 104 cm³/mol. The van der Waals surface area contributed by atoms with E-state index in [2.05, 4.69) is 17.5 Å². The van der Waals surface area contributed by atoms with Gasteiger partial charge in [0.2, 0.25) is 0 Å². The molecule has 0 aliphatic rings. The summed E-state index contributed by atoms with van der Waals surface area (Å²) in [6.07, 6.45) is 1.16. The number of benzene rings is 1. The molecule has 2 rings (SSSR count). The second-order valence-electron chi connectivity index (χ2n) is 5.95. The SMILES string of the molecule is C=CCN(Cc1cccs1)CC(O)COc1ccc(C(C)=O)cc1OC. The Morgan fingerprint density at radius 1 is 1.38 bits per heavy atom. The van der Waals surface area contributed by atoms with Gasteiger partial charge in [0.15, 0.2) is 17.3 Å². The molecule has 1 heterocycles. The topological polar surface area (TPSA) is 59.0 Å². The molecule has 0 fully saturated rings. The van der Waals surface area contributed by atoms with Crippen molar-refractivity contribution in [3.63, 3.8) is 0 Å². The molecule has 5 nitrogen and oxygen atoms in total. The van der Waals surface area contributed by atoms with Crippen LogP contribution in [-0.2, 0) is 6.54 Å². The number of hydrogen-bond acceptors (Lipinski definition) is 6. The van der Waals surface area contributed by atoms with E-state index < -0.39 is 6.10 Å². The number of carbonyl (C=O) groups excluding carboxylic acids is 1. The van der Waals surface area contributed by atoms with Gasteiger partial charge in [-0.1, -0.05) is 12.1 Å². The highest BCUT2D eigenvalue weighted by molar-refractivity contribution is 7.09. The zero-order valence-corrected chi connectivity index (χ0v) is 16.0. The maximum atomic E-state index is 11.5. The largest absolute Gasteiger partial charge is 0.493 e. The van der Waals surface area contributed by atoms with Gasteiger partial charge >= 0.3 is 0 Å². The number of thiophene rings is 1. The molecule has 26 heavy (non-hydrogen) atoms. The molecular formula is C20H25NO4S. The summed E-state index contributed by atoms with van der Waals surface area (Å²) in [4.78, 5) is 14.8. The first-order valence-corrected chi connectivity index (χ1v) is 9.27. The second-order valence-corrected chi connectivity index (χ2v) is 6.98. The Hall–Kier alpha value is -2.15. The van der Waals surface area contributed by atoms with Gasteiger partial charge in [0, 0.05) is 30.1 Å². The summed E-state index contributed by atoms with van der Waals surface area (Å²) in [6, 6.07) is 9.11. The van der Waals surface area contributed by atoms with Crippen LogP contribution in [0, 0.1) is 0 Å². The van der Waals surface area contributed by atoms with Crippen LogP contribution in [0.25, 0.3) is 0 Å². The molecule has 6 heteroatoms. The Labute approximate surface area is 158 Å². The Morgan fingerprint density at radius 3 is 2.81 bits per heavy atom. The molecule has 0 spiro atoms. The molecule has 0 saturated carbocycles. The van der Waals surface area contributed by atoms with E-state index in [1.54, 1.807) is 29.5 Å². The first-order valence-electron chi connectivity index (χ1n) is 8.39. The van der Waals surface area contributed by atoms with Crippen molar-refractivity contribution < 1.29 is 19.4 Å². The third-order valence-electron chi connectivity index (χ3n) is 3.82. The molecule has 1 unspecified atom stereocenters. The molecule has 0 radical (unpaired) electrons. The van der Waals surface area contributed by atoms with Crippen molar-refractivity contribution in [3.05, 3.63) is 58.8 Å². The Kier molecular flexibility index (Phi) is 7.84. The molecule has 2 aromatic rings. The minimum absolute atomic E-state index is 0.0384. The van der Waals surface area contributed by atoms with Crippen molar-refractivity contribution in [3.8, 4) is 11.5 Å². The van der Waals surface area contributed by atoms with Crippen LogP contribution in [0.4, 0.5) is 0 Å². The van der Waals surface area contributed by atoms with E-state index >= 15 is 0 Å². The minimum atomic E-state index is -0.660. The van der Waals surface area contributed by atoms with Crippen LogP contribution >= 0.6 is 11.3 Å². The highest BCUT2D eigenvalue weighted by atomic mass is 32.1. The quantitative estimate of drug-likeness (QED) is 0.482. The number of aliphatic hydroxyl groups excluding tert-OH is 1. The lowest BCUT2D eigenvalue weighted by Crippen LogP contribution is -2.35. The zero-order valence-electron chi connectivity index (χ0n) is 15.2. The Bertz CT molecular complexity index is 715. The van der Waals surface area contributed by atoms with Gasteiger partial charge in [0.1, 0.15) is 12.7 Å². The lowest BCUT2D eigenvalue weighted by atomic mass is 10.1. The number of ketones is 1. The summed E-state index contributed by atoms with van der Waals surface area (Å²) in [5.41, 5.74) is 0.558. The van der Waals surface area contributed by atoms with Crippen LogP contribution in [0.5, 0.6) is 11.5 Å². The van der Waals surface area contributed by atoms with Crippen LogP contribution in [0.2, 0.25) is 0 Å². The van der Waals surface area contributed by atoms with E-state index in [0.717, 1.165) is 6.54 Å². The third kappa shape index (κ3) is 5.98. The van der Waals surface area contributed by atoms with E-state index in [9.17, 15) is 9.90 Å². The lowest BCUT2D eigenvalue weighted by molar-refractivity contribution is 0.0689. The van der Waals surface area contributed by atoms with Crippen molar-refractivity contribution in [2.24, 2.45) is 0 Å². The number of aliphatic hydroxyl groups is 1. The average molecular weight is 375 g/mol. The minimum Gasteiger partial charge on any atom is -0.493 e. The third-order valence-corrected chi connectivity index (χ3v) is 4.68. The molecule has 1 aromatic heterocycles. The summed E-state index contributed by atoms with van der Waals surface area (Å²) in [6.45, 7) is 7.33. The number of Topliss-reactive ketones (excluding diaryl/α,β-unsaturated/α-hetero) is 1. The molecule has 0 aliphatic carbocycles. The highest BCUT2D eigenvalue weighted by Crippen LogP contribution is 2.28. The van der Waals surface area contributed by atoms with Gasteiger partial charge in [-0.2, -0.15) is 0 Å². The number of nitrogens with zero attached hydrogens (tertiary/aromatic N) is 1. The normalized spacial score (nSPS) is 12.0. The van der Waals surface area contributed by atoms with E-state index in [1.165, 1.54) is 18.9 Å². The van der Waals surface area contributed by atoms with Gasteiger partial charge in [-0.15, -0.1) is 17.9 Å². The fourth-order valence-corrected chi connectivity index (χ4v) is 3.30. The maximum Gasteiger partial charge on any atom is 0.161 e. The van der Waals surface area contributed by atoms with Gasteiger partial charge in [-0.3, -0.25) is 9.69 Å². The zero-order chi connectivity index (χ0) is 18.9. The van der Waals surface area contributed by atoms with Gasteiger partial charge in [-0.05, 0) is 36.6 Å². The number of carbonyl (C=O) groups is 1. The van der Waals surface area contributed by atoms with Crippen LogP contribution in [0.3, 0.4) is 0 Å². The van der Waals surface area contributed by atoms with Crippen LogP contribution in [-0.4, -0.2) is 48.7 Å². The van der Waals surface area contributed by atoms with Gasteiger partial charge in [0.25, 0.3) is 0 Å². The van der Waals surface area contributed by atoms with Crippen molar-refractivity contribution in [2.75, 3.05) is 26.8 Å². The summed E-state index contributed by atoms with van der Waals surface area (Å²) < 4.78 is 11.0. The molecule has 140 valence electrons. The fourth-order valence-electron chi connectivity index (χ4n) is 2.55. The standard InChI is InChI=1S/C20H25NO4S/c1-4-9-21(13-18-6-5-10-26-18)12-17(23)14-25-19-8-7-16(15(2)22)11-20(19)24-3/h4-8,10-11,17,23H,1,9,12-14H2,2-3H3. The lowest BCUT2D eigenvalue weighted by Gasteiger charge is -2.23. The van der Waals surface area contributed by atoms with E-state index in [-0.39, 0.29) is 12.4 Å². The predicted octanol–water partition coefficient (Wildman–Crippen LogP) is 3.39. The monoisotopic (exact) mass is 375 g/mol. The van der Waals surface area contributed by atoms with Crippen molar-refractivity contribution >= 4 is 17.1 Å². The van der Waals surface area contributed by atoms with Gasteiger partial charge < -0.3 is 14.6 Å². The molecule has 1 aromatic carbocycles. The summed E-state index contributed by atoms with van der Waals surface area (Å²) in [7, 11) is 1.52. The molecule has 1 N–H and O–H groups in total. The molecular weight excluding hydrogens is 350 g/mol. The Morgan fingerprint density at radius 2 is 2.19 bits per heavy atom. The van der Waals surface area contributed by atoms with Gasteiger partial charge in [0.05, 0.1) is 7.11 Å². The van der Waals surface area contributed by atoms with Gasteiger partial charge in [-0.25, -0.2) is 0 Å².